The molecule has 0 bridgehead atoms. The molecule has 32 heavy (non-hydrogen) atoms. The zero-order chi connectivity index (χ0) is 23.1. The highest BCUT2D eigenvalue weighted by Crippen LogP contribution is 2.32. The van der Waals surface area contributed by atoms with Gasteiger partial charge in [-0.15, -0.1) is 23.1 Å². The molecule has 2 aromatic carbocycles. The molecule has 3 N–H and O–H groups in total. The average molecular weight is 510 g/mol. The first kappa shape index (κ1) is 24.1. The van der Waals surface area contributed by atoms with E-state index in [4.69, 9.17) is 28.3 Å². The molecule has 0 saturated heterocycles. The Morgan fingerprint density at radius 1 is 1.00 bits per heavy atom. The van der Waals surface area contributed by atoms with Crippen molar-refractivity contribution in [2.24, 2.45) is 0 Å². The third kappa shape index (κ3) is 7.23. The maximum atomic E-state index is 12.3. The van der Waals surface area contributed by atoms with Gasteiger partial charge in [-0.05, 0) is 42.5 Å². The number of amides is 2. The minimum absolute atomic E-state index is 0.0886. The van der Waals surface area contributed by atoms with Gasteiger partial charge in [-0.2, -0.15) is 0 Å². The molecule has 7 nitrogen and oxygen atoms in total. The highest BCUT2D eigenvalue weighted by molar-refractivity contribution is 8.00. The van der Waals surface area contributed by atoms with E-state index in [1.54, 1.807) is 47.8 Å². The fourth-order valence-electron chi connectivity index (χ4n) is 2.53. The van der Waals surface area contributed by atoms with Gasteiger partial charge in [0.1, 0.15) is 0 Å². The maximum Gasteiger partial charge on any atom is 0.303 e. The van der Waals surface area contributed by atoms with Gasteiger partial charge < -0.3 is 15.7 Å². The highest BCUT2D eigenvalue weighted by atomic mass is 35.5. The Balaban J connectivity index is 1.48. The molecule has 3 rings (SSSR count). The van der Waals surface area contributed by atoms with E-state index in [1.165, 1.54) is 23.1 Å². The number of hydrogen-bond acceptors (Lipinski definition) is 6. The van der Waals surface area contributed by atoms with Crippen LogP contribution in [0.4, 0.5) is 10.8 Å². The van der Waals surface area contributed by atoms with E-state index in [0.29, 0.717) is 26.6 Å². The smallest absolute Gasteiger partial charge is 0.303 e. The number of rotatable bonds is 9. The molecule has 2 amide bonds. The molecule has 0 atom stereocenters. The first-order valence-corrected chi connectivity index (χ1v) is 11.9. The molecule has 1 heterocycles. The number of aliphatic carboxylic acids is 1. The predicted octanol–water partition coefficient (Wildman–Crippen LogP) is 5.65. The number of carbonyl (C=O) groups excluding carboxylic acids is 2. The molecule has 166 valence electrons. The van der Waals surface area contributed by atoms with Crippen molar-refractivity contribution >= 4 is 74.9 Å². The molecular weight excluding hydrogens is 493 g/mol. The zero-order valence-electron chi connectivity index (χ0n) is 16.4. The van der Waals surface area contributed by atoms with Crippen LogP contribution in [0.15, 0.2) is 52.7 Å². The second-order valence-corrected chi connectivity index (χ2v) is 9.22. The van der Waals surface area contributed by atoms with Crippen molar-refractivity contribution in [1.82, 2.24) is 4.98 Å². The van der Waals surface area contributed by atoms with E-state index < -0.39 is 5.97 Å². The number of benzene rings is 2. The monoisotopic (exact) mass is 509 g/mol. The minimum Gasteiger partial charge on any atom is -0.481 e. The van der Waals surface area contributed by atoms with Gasteiger partial charge in [0.2, 0.25) is 11.8 Å². The summed E-state index contributed by atoms with van der Waals surface area (Å²) in [5.41, 5.74) is 1.95. The molecule has 0 aliphatic rings. The van der Waals surface area contributed by atoms with E-state index in [2.05, 4.69) is 15.6 Å². The topological polar surface area (TPSA) is 108 Å². The highest BCUT2D eigenvalue weighted by Gasteiger charge is 2.12. The Hall–Kier alpha value is -2.59. The Bertz CT molecular complexity index is 1140. The van der Waals surface area contributed by atoms with Crippen LogP contribution in [-0.4, -0.2) is 33.6 Å². The van der Waals surface area contributed by atoms with E-state index in [-0.39, 0.29) is 30.4 Å². The lowest BCUT2D eigenvalue weighted by Gasteiger charge is -2.06. The molecule has 0 radical (unpaired) electrons. The standard InChI is InChI=1S/C21H17Cl2N3O4S2/c22-12-1-6-15(16(23)9-12)17-10-32-21(25-17)26-19(28)11-31-14-4-2-13(3-5-14)24-18(27)7-8-20(29)30/h1-6,9-10H,7-8,11H2,(H,24,27)(H,29,30)(H,25,26,28). The van der Waals surface area contributed by atoms with Crippen molar-refractivity contribution in [1.29, 1.82) is 0 Å². The van der Waals surface area contributed by atoms with E-state index in [1.807, 2.05) is 0 Å². The number of carboxylic acids is 1. The van der Waals surface area contributed by atoms with Gasteiger partial charge in [0.15, 0.2) is 5.13 Å². The number of halogens is 2. The molecule has 0 fully saturated rings. The van der Waals surface area contributed by atoms with Gasteiger partial charge >= 0.3 is 5.97 Å². The summed E-state index contributed by atoms with van der Waals surface area (Å²) in [5, 5.41) is 17.3. The number of nitrogens with zero attached hydrogens (tertiary/aromatic N) is 1. The lowest BCUT2D eigenvalue weighted by molar-refractivity contribution is -0.138. The fourth-order valence-corrected chi connectivity index (χ4v) is 4.47. The summed E-state index contributed by atoms with van der Waals surface area (Å²) in [6.45, 7) is 0. The van der Waals surface area contributed by atoms with Crippen LogP contribution in [0.25, 0.3) is 11.3 Å². The minimum atomic E-state index is -1.02. The summed E-state index contributed by atoms with van der Waals surface area (Å²) >= 11 is 14.8. The SMILES string of the molecule is O=C(O)CCC(=O)Nc1ccc(SCC(=O)Nc2nc(-c3ccc(Cl)cc3Cl)cs2)cc1. The molecule has 0 saturated carbocycles. The molecule has 0 spiro atoms. The molecule has 11 heteroatoms. The van der Waals surface area contributed by atoms with Gasteiger partial charge in [0, 0.05) is 33.0 Å². The van der Waals surface area contributed by atoms with Crippen molar-refractivity contribution in [2.75, 3.05) is 16.4 Å². The first-order chi connectivity index (χ1) is 15.3. The van der Waals surface area contributed by atoms with Crippen LogP contribution in [0, 0.1) is 0 Å². The number of thioether (sulfide) groups is 1. The summed E-state index contributed by atoms with van der Waals surface area (Å²) in [6.07, 6.45) is -0.309. The van der Waals surface area contributed by atoms with Gasteiger partial charge in [0.05, 0.1) is 22.9 Å². The zero-order valence-corrected chi connectivity index (χ0v) is 19.6. The van der Waals surface area contributed by atoms with E-state index in [0.717, 1.165) is 10.5 Å². The van der Waals surface area contributed by atoms with Gasteiger partial charge in [-0.1, -0.05) is 23.2 Å². The van der Waals surface area contributed by atoms with Gasteiger partial charge in [0.25, 0.3) is 0 Å². The summed E-state index contributed by atoms with van der Waals surface area (Å²) in [4.78, 5) is 39.7. The number of hydrogen-bond donors (Lipinski definition) is 3. The summed E-state index contributed by atoms with van der Waals surface area (Å²) in [7, 11) is 0. The number of carboxylic acid groups (broad SMARTS) is 1. The van der Waals surface area contributed by atoms with Crippen LogP contribution in [0.2, 0.25) is 10.0 Å². The second-order valence-electron chi connectivity index (χ2n) is 6.47. The number of carbonyl (C=O) groups is 3. The number of anilines is 2. The van der Waals surface area contributed by atoms with Crippen LogP contribution in [0.1, 0.15) is 12.8 Å². The molecule has 0 unspecified atom stereocenters. The predicted molar refractivity (Wildman–Crippen MR) is 129 cm³/mol. The first-order valence-electron chi connectivity index (χ1n) is 9.25. The van der Waals surface area contributed by atoms with Gasteiger partial charge in [-0.3, -0.25) is 14.4 Å². The van der Waals surface area contributed by atoms with Crippen LogP contribution in [0.3, 0.4) is 0 Å². The summed E-state index contributed by atoms with van der Waals surface area (Å²) in [5.74, 6) is -1.41. The van der Waals surface area contributed by atoms with E-state index in [9.17, 15) is 14.4 Å². The van der Waals surface area contributed by atoms with Crippen molar-refractivity contribution < 1.29 is 19.5 Å². The number of aromatic nitrogens is 1. The fraction of sp³-hybridized carbons (Fsp3) is 0.143. The van der Waals surface area contributed by atoms with Crippen molar-refractivity contribution in [2.45, 2.75) is 17.7 Å². The molecule has 1 aromatic heterocycles. The van der Waals surface area contributed by atoms with Crippen molar-refractivity contribution in [3.63, 3.8) is 0 Å². The van der Waals surface area contributed by atoms with Gasteiger partial charge in [-0.25, -0.2) is 4.98 Å². The molecule has 3 aromatic rings. The molecule has 0 aliphatic heterocycles. The van der Waals surface area contributed by atoms with Crippen LogP contribution >= 0.6 is 46.3 Å². The Morgan fingerprint density at radius 3 is 2.44 bits per heavy atom. The maximum absolute atomic E-state index is 12.3. The summed E-state index contributed by atoms with van der Waals surface area (Å²) in [6, 6.07) is 12.1. The second kappa shape index (κ2) is 11.3. The quantitative estimate of drug-likeness (QED) is 0.321. The number of nitrogens with one attached hydrogen (secondary N) is 2. The van der Waals surface area contributed by atoms with Crippen LogP contribution < -0.4 is 10.6 Å². The van der Waals surface area contributed by atoms with Crippen LogP contribution in [0.5, 0.6) is 0 Å². The van der Waals surface area contributed by atoms with Crippen LogP contribution in [-0.2, 0) is 14.4 Å². The van der Waals surface area contributed by atoms with Crippen molar-refractivity contribution in [3.05, 3.63) is 57.9 Å². The van der Waals surface area contributed by atoms with Crippen molar-refractivity contribution in [3.8, 4) is 11.3 Å². The Morgan fingerprint density at radius 2 is 1.75 bits per heavy atom. The Kier molecular flexibility index (Phi) is 8.52. The Labute approximate surface area is 202 Å². The summed E-state index contributed by atoms with van der Waals surface area (Å²) < 4.78 is 0. The largest absolute Gasteiger partial charge is 0.481 e. The average Bonchev–Trinajstić information content (AvgIpc) is 3.19. The lowest BCUT2D eigenvalue weighted by Crippen LogP contribution is -2.14. The normalized spacial score (nSPS) is 10.6. The number of thiazole rings is 1. The molecule has 0 aliphatic carbocycles. The lowest BCUT2D eigenvalue weighted by atomic mass is 10.2. The molecular formula is C21H17Cl2N3O4S2. The van der Waals surface area contributed by atoms with E-state index >= 15 is 0 Å². The third-order valence-electron chi connectivity index (χ3n) is 4.03. The third-order valence-corrected chi connectivity index (χ3v) is 6.35.